The minimum Gasteiger partial charge on any atom is -0.347 e. The topological polar surface area (TPSA) is 82.0 Å². The molecule has 1 atom stereocenters. The van der Waals surface area contributed by atoms with Crippen molar-refractivity contribution in [2.24, 2.45) is 0 Å². The van der Waals surface area contributed by atoms with Crippen LogP contribution >= 0.6 is 11.3 Å². The number of carbonyl (C=O) groups is 2. The smallest absolute Gasteiger partial charge is 0.313 e. The first-order valence-electron chi connectivity index (χ1n) is 6.83. The molecule has 2 amide bonds. The molecule has 1 aromatic carbocycles. The maximum atomic E-state index is 13.2. The summed E-state index contributed by atoms with van der Waals surface area (Å²) in [6.45, 7) is 2.28. The van der Waals surface area contributed by atoms with Crippen LogP contribution in [0.5, 0.6) is 0 Å². The predicted molar refractivity (Wildman–Crippen MR) is 85.5 cm³/mol. The average Bonchev–Trinajstić information content (AvgIpc) is 3.08. The van der Waals surface area contributed by atoms with Crippen molar-refractivity contribution < 1.29 is 14.0 Å². The van der Waals surface area contributed by atoms with Gasteiger partial charge in [-0.15, -0.1) is 11.3 Å². The Balaban J connectivity index is 1.90. The standard InChI is InChI=1S/C16H14FN3O2S/c1-10(14-3-2-6-23-14)9-19-15(21)16(22)20-12-4-5-13(17)11(7-12)8-18/h2-7,10H,9H2,1H3,(H,19,21)(H,20,22)/t10-/m0/s1. The Kier molecular flexibility index (Phi) is 5.44. The van der Waals surface area contributed by atoms with Gasteiger partial charge in [0.25, 0.3) is 0 Å². The Hall–Kier alpha value is -2.72. The lowest BCUT2D eigenvalue weighted by Gasteiger charge is -2.11. The van der Waals surface area contributed by atoms with Gasteiger partial charge in [-0.05, 0) is 29.6 Å². The molecule has 0 fully saturated rings. The monoisotopic (exact) mass is 331 g/mol. The van der Waals surface area contributed by atoms with Gasteiger partial charge in [-0.3, -0.25) is 9.59 Å². The first-order chi connectivity index (χ1) is 11.0. The van der Waals surface area contributed by atoms with Crippen LogP contribution in [0.3, 0.4) is 0 Å². The lowest BCUT2D eigenvalue weighted by Crippen LogP contribution is -2.37. The molecule has 23 heavy (non-hydrogen) atoms. The van der Waals surface area contributed by atoms with Crippen LogP contribution in [0.2, 0.25) is 0 Å². The van der Waals surface area contributed by atoms with E-state index in [0.29, 0.717) is 6.54 Å². The summed E-state index contributed by atoms with van der Waals surface area (Å²) in [4.78, 5) is 24.7. The molecule has 0 spiro atoms. The summed E-state index contributed by atoms with van der Waals surface area (Å²) in [6.07, 6.45) is 0. The van der Waals surface area contributed by atoms with Crippen LogP contribution in [0.4, 0.5) is 10.1 Å². The van der Waals surface area contributed by atoms with Gasteiger partial charge < -0.3 is 10.6 Å². The quantitative estimate of drug-likeness (QED) is 0.845. The second-order valence-corrected chi connectivity index (χ2v) is 5.87. The number of rotatable bonds is 4. The third kappa shape index (κ3) is 4.37. The van der Waals surface area contributed by atoms with E-state index >= 15 is 0 Å². The van der Waals surface area contributed by atoms with Gasteiger partial charge in [0.1, 0.15) is 11.9 Å². The highest BCUT2D eigenvalue weighted by molar-refractivity contribution is 7.10. The summed E-state index contributed by atoms with van der Waals surface area (Å²) in [5, 5.41) is 15.6. The minimum absolute atomic E-state index is 0.0998. The predicted octanol–water partition coefficient (Wildman–Crippen LogP) is 2.62. The van der Waals surface area contributed by atoms with E-state index in [1.165, 1.54) is 12.1 Å². The van der Waals surface area contributed by atoms with Gasteiger partial charge in [-0.2, -0.15) is 5.26 Å². The molecule has 0 unspecified atom stereocenters. The van der Waals surface area contributed by atoms with Gasteiger partial charge in [-0.1, -0.05) is 13.0 Å². The van der Waals surface area contributed by atoms with Gasteiger partial charge >= 0.3 is 11.8 Å². The highest BCUT2D eigenvalue weighted by atomic mass is 32.1. The zero-order valence-electron chi connectivity index (χ0n) is 12.3. The highest BCUT2D eigenvalue weighted by Gasteiger charge is 2.16. The average molecular weight is 331 g/mol. The van der Waals surface area contributed by atoms with E-state index in [1.807, 2.05) is 24.4 Å². The van der Waals surface area contributed by atoms with Crippen molar-refractivity contribution in [3.63, 3.8) is 0 Å². The van der Waals surface area contributed by atoms with Crippen molar-refractivity contribution in [2.45, 2.75) is 12.8 Å². The van der Waals surface area contributed by atoms with Crippen LogP contribution in [-0.4, -0.2) is 18.4 Å². The molecule has 1 aromatic heterocycles. The molecule has 0 saturated heterocycles. The molecular formula is C16H14FN3O2S. The maximum absolute atomic E-state index is 13.2. The Morgan fingerprint density at radius 2 is 2.13 bits per heavy atom. The molecule has 1 heterocycles. The molecule has 2 N–H and O–H groups in total. The van der Waals surface area contributed by atoms with Crippen LogP contribution in [-0.2, 0) is 9.59 Å². The Labute approximate surface area is 136 Å². The Morgan fingerprint density at radius 1 is 1.35 bits per heavy atom. The molecular weight excluding hydrogens is 317 g/mol. The number of anilines is 1. The normalized spacial score (nSPS) is 11.3. The molecule has 0 radical (unpaired) electrons. The van der Waals surface area contributed by atoms with Crippen molar-refractivity contribution in [3.8, 4) is 6.07 Å². The number of benzene rings is 1. The van der Waals surface area contributed by atoms with Crippen LogP contribution < -0.4 is 10.6 Å². The number of amides is 2. The van der Waals surface area contributed by atoms with Crippen molar-refractivity contribution >= 4 is 28.8 Å². The summed E-state index contributed by atoms with van der Waals surface area (Å²) in [5.41, 5.74) is -0.0102. The van der Waals surface area contributed by atoms with Crippen LogP contribution in [0, 0.1) is 17.1 Å². The summed E-state index contributed by atoms with van der Waals surface area (Å²) in [5.74, 6) is -2.22. The van der Waals surface area contributed by atoms with E-state index in [0.717, 1.165) is 10.9 Å². The Morgan fingerprint density at radius 3 is 2.78 bits per heavy atom. The number of thiophene rings is 1. The molecule has 0 saturated carbocycles. The number of nitrogens with zero attached hydrogens (tertiary/aromatic N) is 1. The van der Waals surface area contributed by atoms with Crippen LogP contribution in [0.1, 0.15) is 23.3 Å². The van der Waals surface area contributed by atoms with Crippen molar-refractivity contribution in [1.29, 1.82) is 5.26 Å². The first kappa shape index (κ1) is 16.6. The molecule has 2 aromatic rings. The number of nitriles is 1. The highest BCUT2D eigenvalue weighted by Crippen LogP contribution is 2.19. The van der Waals surface area contributed by atoms with Crippen molar-refractivity contribution in [2.75, 3.05) is 11.9 Å². The minimum atomic E-state index is -0.862. The molecule has 0 aliphatic rings. The third-order valence-electron chi connectivity index (χ3n) is 3.15. The first-order valence-corrected chi connectivity index (χ1v) is 7.71. The van der Waals surface area contributed by atoms with Crippen LogP contribution in [0.15, 0.2) is 35.7 Å². The number of halogens is 1. The van der Waals surface area contributed by atoms with Gasteiger partial charge in [0.15, 0.2) is 0 Å². The molecule has 0 aliphatic carbocycles. The number of hydrogen-bond acceptors (Lipinski definition) is 4. The fourth-order valence-electron chi connectivity index (χ4n) is 1.87. The molecule has 0 bridgehead atoms. The van der Waals surface area contributed by atoms with Gasteiger partial charge in [-0.25, -0.2) is 4.39 Å². The number of carbonyl (C=O) groups excluding carboxylic acids is 2. The second-order valence-electron chi connectivity index (χ2n) is 4.89. The van der Waals surface area contributed by atoms with Crippen LogP contribution in [0.25, 0.3) is 0 Å². The molecule has 5 nitrogen and oxygen atoms in total. The second kappa shape index (κ2) is 7.51. The SMILES string of the molecule is C[C@@H](CNC(=O)C(=O)Nc1ccc(F)c(C#N)c1)c1cccs1. The zero-order chi connectivity index (χ0) is 16.8. The van der Waals surface area contributed by atoms with Gasteiger partial charge in [0.2, 0.25) is 0 Å². The zero-order valence-corrected chi connectivity index (χ0v) is 13.1. The van der Waals surface area contributed by atoms with E-state index in [-0.39, 0.29) is 17.2 Å². The van der Waals surface area contributed by atoms with E-state index in [1.54, 1.807) is 17.4 Å². The van der Waals surface area contributed by atoms with Gasteiger partial charge in [0, 0.05) is 23.0 Å². The molecule has 118 valence electrons. The summed E-state index contributed by atoms with van der Waals surface area (Å²) in [6, 6.07) is 9.08. The van der Waals surface area contributed by atoms with E-state index in [9.17, 15) is 14.0 Å². The fraction of sp³-hybridized carbons (Fsp3) is 0.188. The fourth-order valence-corrected chi connectivity index (χ4v) is 2.66. The number of nitrogens with one attached hydrogen (secondary N) is 2. The summed E-state index contributed by atoms with van der Waals surface area (Å²) < 4.78 is 13.2. The Bertz CT molecular complexity index is 753. The largest absolute Gasteiger partial charge is 0.347 e. The molecule has 7 heteroatoms. The van der Waals surface area contributed by atoms with Crippen molar-refractivity contribution in [3.05, 3.63) is 52.0 Å². The van der Waals surface area contributed by atoms with E-state index in [2.05, 4.69) is 10.6 Å². The lowest BCUT2D eigenvalue weighted by molar-refractivity contribution is -0.136. The molecule has 2 rings (SSSR count). The van der Waals surface area contributed by atoms with Gasteiger partial charge in [0.05, 0.1) is 5.56 Å². The van der Waals surface area contributed by atoms with E-state index in [4.69, 9.17) is 5.26 Å². The third-order valence-corrected chi connectivity index (χ3v) is 4.25. The maximum Gasteiger partial charge on any atom is 0.313 e. The van der Waals surface area contributed by atoms with Crippen molar-refractivity contribution in [1.82, 2.24) is 5.32 Å². The summed E-state index contributed by atoms with van der Waals surface area (Å²) >= 11 is 1.58. The van der Waals surface area contributed by atoms with E-state index < -0.39 is 17.6 Å². The summed E-state index contributed by atoms with van der Waals surface area (Å²) in [7, 11) is 0. The number of hydrogen-bond donors (Lipinski definition) is 2. The molecule has 0 aliphatic heterocycles. The lowest BCUT2D eigenvalue weighted by atomic mass is 10.1.